The van der Waals surface area contributed by atoms with E-state index in [0.717, 1.165) is 22.8 Å². The maximum atomic E-state index is 4.58. The van der Waals surface area contributed by atoms with Crippen molar-refractivity contribution in [3.8, 4) is 0 Å². The van der Waals surface area contributed by atoms with Gasteiger partial charge in [0.2, 0.25) is 0 Å². The Morgan fingerprint density at radius 2 is 1.58 bits per heavy atom. The van der Waals surface area contributed by atoms with E-state index in [4.69, 9.17) is 0 Å². The van der Waals surface area contributed by atoms with Gasteiger partial charge < -0.3 is 9.05 Å². The van der Waals surface area contributed by atoms with E-state index in [0.29, 0.717) is 0 Å². The fraction of sp³-hybridized carbons (Fsp3) is 0.222. The lowest BCUT2D eigenvalue weighted by Crippen LogP contribution is -1.77. The zero-order chi connectivity index (χ0) is 19.0. The molecule has 0 aliphatic carbocycles. The Kier molecular flexibility index (Phi) is 10.3. The van der Waals surface area contributed by atoms with Crippen molar-refractivity contribution < 1.29 is 9.05 Å². The van der Waals surface area contributed by atoms with Gasteiger partial charge in [-0.25, -0.2) is 9.97 Å². The number of aryl methyl sites for hydroxylation is 4. The Labute approximate surface area is 152 Å². The van der Waals surface area contributed by atoms with Crippen LogP contribution in [0, 0.1) is 27.7 Å². The van der Waals surface area contributed by atoms with Crippen molar-refractivity contribution >= 4 is 0 Å². The number of aromatic nitrogens is 6. The van der Waals surface area contributed by atoms with E-state index in [9.17, 15) is 0 Å². The Balaban J connectivity index is 0.000000174. The molecule has 26 heavy (non-hydrogen) atoms. The first kappa shape index (κ1) is 20.6. The van der Waals surface area contributed by atoms with Crippen LogP contribution in [0.1, 0.15) is 22.8 Å². The third-order valence-corrected chi connectivity index (χ3v) is 2.56. The first-order chi connectivity index (χ1) is 12.6. The molecule has 0 amide bonds. The molecule has 0 atom stereocenters. The van der Waals surface area contributed by atoms with Crippen LogP contribution in [0.3, 0.4) is 0 Å². The monoisotopic (exact) mass is 354 g/mol. The molecule has 4 heterocycles. The van der Waals surface area contributed by atoms with Crippen molar-refractivity contribution in [3.63, 3.8) is 0 Å². The van der Waals surface area contributed by atoms with Crippen LogP contribution < -0.4 is 0 Å². The topological polar surface area (TPSA) is 104 Å². The summed E-state index contributed by atoms with van der Waals surface area (Å²) in [5, 5.41) is 6.99. The highest BCUT2D eigenvalue weighted by Crippen LogP contribution is 1.88. The van der Waals surface area contributed by atoms with Gasteiger partial charge in [0, 0.05) is 42.6 Å². The zero-order valence-corrected chi connectivity index (χ0v) is 15.3. The van der Waals surface area contributed by atoms with Gasteiger partial charge >= 0.3 is 0 Å². The van der Waals surface area contributed by atoms with E-state index in [1.807, 2.05) is 33.8 Å². The lowest BCUT2D eigenvalue weighted by atomic mass is 10.5. The third-order valence-electron chi connectivity index (χ3n) is 2.56. The van der Waals surface area contributed by atoms with Crippen LogP contribution in [0.2, 0.25) is 0 Å². The van der Waals surface area contributed by atoms with Crippen LogP contribution in [0.5, 0.6) is 0 Å². The van der Waals surface area contributed by atoms with E-state index in [1.165, 1.54) is 6.33 Å². The first-order valence-corrected chi connectivity index (χ1v) is 7.77. The molecule has 0 N–H and O–H groups in total. The van der Waals surface area contributed by atoms with Crippen molar-refractivity contribution in [2.75, 3.05) is 0 Å². The predicted molar refractivity (Wildman–Crippen MR) is 96.0 cm³/mol. The lowest BCUT2D eigenvalue weighted by Gasteiger charge is -1.81. The summed E-state index contributed by atoms with van der Waals surface area (Å²) in [5.74, 6) is 0.856. The van der Waals surface area contributed by atoms with Crippen molar-refractivity contribution in [1.82, 2.24) is 30.2 Å². The molecule has 0 radical (unpaired) electrons. The average molecular weight is 354 g/mol. The van der Waals surface area contributed by atoms with Gasteiger partial charge in [0.25, 0.3) is 0 Å². The maximum Gasteiger partial charge on any atom is 0.133 e. The zero-order valence-electron chi connectivity index (χ0n) is 15.3. The van der Waals surface area contributed by atoms with Gasteiger partial charge in [-0.15, -0.1) is 0 Å². The van der Waals surface area contributed by atoms with Crippen LogP contribution in [0.25, 0.3) is 0 Å². The molecule has 0 fully saturated rings. The summed E-state index contributed by atoms with van der Waals surface area (Å²) in [4.78, 5) is 15.3. The van der Waals surface area contributed by atoms with E-state index < -0.39 is 0 Å². The van der Waals surface area contributed by atoms with E-state index >= 15 is 0 Å². The Hall–Kier alpha value is -3.42. The van der Waals surface area contributed by atoms with Gasteiger partial charge in [0.15, 0.2) is 0 Å². The minimum absolute atomic E-state index is 0.856. The summed E-state index contributed by atoms with van der Waals surface area (Å²) < 4.78 is 9.05. The van der Waals surface area contributed by atoms with Crippen molar-refractivity contribution in [1.29, 1.82) is 0 Å². The summed E-state index contributed by atoms with van der Waals surface area (Å²) in [5.41, 5.74) is 2.90. The summed E-state index contributed by atoms with van der Waals surface area (Å²) in [7, 11) is 0. The smallest absolute Gasteiger partial charge is 0.133 e. The minimum Gasteiger partial charge on any atom is -0.365 e. The minimum atomic E-state index is 0.856. The fourth-order valence-corrected chi connectivity index (χ4v) is 1.28. The summed E-state index contributed by atoms with van der Waals surface area (Å²) in [6.07, 6.45) is 11.5. The molecule has 4 rings (SSSR count). The molecule has 0 unspecified atom stereocenters. The SMILES string of the molecule is Cc1ccncn1.Cc1ccno1.Cc1ccon1.Cc1cnccn1. The van der Waals surface area contributed by atoms with Gasteiger partial charge in [-0.2, -0.15) is 0 Å². The maximum absolute atomic E-state index is 4.58. The van der Waals surface area contributed by atoms with Crippen LogP contribution in [-0.2, 0) is 0 Å². The molecule has 4 aromatic rings. The molecule has 8 heteroatoms. The van der Waals surface area contributed by atoms with Gasteiger partial charge in [0.05, 0.1) is 17.6 Å². The molecular weight excluding hydrogens is 332 g/mol. The second kappa shape index (κ2) is 12.9. The van der Waals surface area contributed by atoms with Gasteiger partial charge in [-0.1, -0.05) is 10.3 Å². The molecule has 136 valence electrons. The summed E-state index contributed by atoms with van der Waals surface area (Å²) >= 11 is 0. The third kappa shape index (κ3) is 11.2. The summed E-state index contributed by atoms with van der Waals surface area (Å²) in [6.45, 7) is 7.57. The number of hydrogen-bond acceptors (Lipinski definition) is 8. The largest absolute Gasteiger partial charge is 0.365 e. The fourth-order valence-electron chi connectivity index (χ4n) is 1.28. The first-order valence-electron chi connectivity index (χ1n) is 7.77. The molecule has 0 aliphatic heterocycles. The number of nitrogens with zero attached hydrogens (tertiary/aromatic N) is 6. The lowest BCUT2D eigenvalue weighted by molar-refractivity contribution is 0.397. The summed E-state index contributed by atoms with van der Waals surface area (Å²) in [6, 6.07) is 5.47. The standard InChI is InChI=1S/2C5H6N2.2C4H5NO/c1-5-4-6-2-3-7-5;1-5-2-3-6-4-7-5;1-4-2-3-6-5-4;1-4-2-3-5-6-4/h2*2-4H,1H3;2*2-3H,1H3. The quantitative estimate of drug-likeness (QED) is 0.472. The van der Waals surface area contributed by atoms with Crippen LogP contribution in [0.4, 0.5) is 0 Å². The molecule has 0 saturated carbocycles. The van der Waals surface area contributed by atoms with E-state index in [-0.39, 0.29) is 0 Å². The van der Waals surface area contributed by atoms with Crippen molar-refractivity contribution in [2.24, 2.45) is 0 Å². The average Bonchev–Trinajstić information content (AvgIpc) is 3.31. The molecular formula is C18H22N6O2. The Morgan fingerprint density at radius 3 is 1.81 bits per heavy atom. The number of rotatable bonds is 0. The van der Waals surface area contributed by atoms with Crippen molar-refractivity contribution in [3.05, 3.63) is 84.6 Å². The second-order valence-electron chi connectivity index (χ2n) is 4.96. The molecule has 0 aromatic carbocycles. The highest BCUT2D eigenvalue weighted by atomic mass is 16.5. The normalized spacial score (nSPS) is 8.77. The second-order valence-corrected chi connectivity index (χ2v) is 4.96. The highest BCUT2D eigenvalue weighted by molar-refractivity contribution is 4.92. The van der Waals surface area contributed by atoms with Crippen LogP contribution in [0.15, 0.2) is 70.8 Å². The highest BCUT2D eigenvalue weighted by Gasteiger charge is 1.78. The molecule has 0 spiro atoms. The predicted octanol–water partition coefficient (Wildman–Crippen LogP) is 3.54. The van der Waals surface area contributed by atoms with Crippen LogP contribution in [-0.4, -0.2) is 30.2 Å². The molecule has 4 aromatic heterocycles. The van der Waals surface area contributed by atoms with Gasteiger partial charge in [-0.05, 0) is 33.8 Å². The van der Waals surface area contributed by atoms with E-state index in [1.54, 1.807) is 49.4 Å². The van der Waals surface area contributed by atoms with Crippen molar-refractivity contribution in [2.45, 2.75) is 27.7 Å². The van der Waals surface area contributed by atoms with Gasteiger partial charge in [-0.3, -0.25) is 9.97 Å². The molecule has 0 aliphatic rings. The molecule has 0 saturated heterocycles. The number of hydrogen-bond donors (Lipinski definition) is 0. The van der Waals surface area contributed by atoms with E-state index in [2.05, 4.69) is 39.3 Å². The molecule has 8 nitrogen and oxygen atoms in total. The van der Waals surface area contributed by atoms with Crippen LogP contribution >= 0.6 is 0 Å². The Bertz CT molecular complexity index is 705. The van der Waals surface area contributed by atoms with Gasteiger partial charge in [0.1, 0.15) is 18.4 Å². The Morgan fingerprint density at radius 1 is 0.731 bits per heavy atom. The molecule has 0 bridgehead atoms.